The van der Waals surface area contributed by atoms with Crippen LogP contribution in [0.4, 0.5) is 0 Å². The Morgan fingerprint density at radius 2 is 2.00 bits per heavy atom. The molecule has 2 aromatic rings. The van der Waals surface area contributed by atoms with E-state index in [1.807, 2.05) is 17.8 Å². The number of para-hydroxylation sites is 2. The molecule has 1 aromatic carbocycles. The maximum atomic E-state index is 4.77. The molecule has 1 aromatic heterocycles. The highest BCUT2D eigenvalue weighted by Crippen LogP contribution is 2.24. The molecule has 3 rings (SSSR count). The predicted octanol–water partition coefficient (Wildman–Crippen LogP) is 3.80. The molecule has 21 heavy (non-hydrogen) atoms. The van der Waals surface area contributed by atoms with Gasteiger partial charge in [0, 0.05) is 18.8 Å². The van der Waals surface area contributed by atoms with Crippen molar-refractivity contribution < 1.29 is 0 Å². The fourth-order valence-corrected chi connectivity index (χ4v) is 3.94. The predicted molar refractivity (Wildman–Crippen MR) is 90.9 cm³/mol. The third-order valence-corrected chi connectivity index (χ3v) is 4.98. The Labute approximate surface area is 131 Å². The van der Waals surface area contributed by atoms with Crippen molar-refractivity contribution in [2.45, 2.75) is 31.0 Å². The van der Waals surface area contributed by atoms with E-state index in [-0.39, 0.29) is 0 Å². The largest absolute Gasteiger partial charge is 0.315 e. The number of likely N-dealkylation sites (tertiary alicyclic amines) is 1. The summed E-state index contributed by atoms with van der Waals surface area (Å²) in [4.78, 5) is 7.35. The second-order valence-corrected chi connectivity index (χ2v) is 6.60. The second kappa shape index (κ2) is 7.14. The number of thioether (sulfide) groups is 1. The van der Waals surface area contributed by atoms with Gasteiger partial charge in [-0.3, -0.25) is 0 Å². The van der Waals surface area contributed by atoms with E-state index >= 15 is 0 Å². The summed E-state index contributed by atoms with van der Waals surface area (Å²) in [6.07, 6.45) is 6.07. The fraction of sp³-hybridized carbons (Fsp3) is 0.471. The van der Waals surface area contributed by atoms with Gasteiger partial charge < -0.3 is 9.47 Å². The molecule has 0 atom stereocenters. The average molecular weight is 301 g/mol. The van der Waals surface area contributed by atoms with Crippen molar-refractivity contribution in [1.82, 2.24) is 14.5 Å². The number of piperidine rings is 1. The Morgan fingerprint density at radius 3 is 2.81 bits per heavy atom. The van der Waals surface area contributed by atoms with E-state index in [0.29, 0.717) is 0 Å². The third-order valence-electron chi connectivity index (χ3n) is 4.02. The molecular formula is C17H23N3S. The van der Waals surface area contributed by atoms with E-state index in [0.717, 1.165) is 23.0 Å². The quantitative estimate of drug-likeness (QED) is 0.598. The van der Waals surface area contributed by atoms with Gasteiger partial charge in [0.25, 0.3) is 0 Å². The molecule has 2 heterocycles. The van der Waals surface area contributed by atoms with Crippen LogP contribution < -0.4 is 0 Å². The Hall–Kier alpha value is -1.26. The lowest BCUT2D eigenvalue weighted by Gasteiger charge is -2.25. The van der Waals surface area contributed by atoms with Gasteiger partial charge in [0.05, 0.1) is 11.0 Å². The summed E-state index contributed by atoms with van der Waals surface area (Å²) in [7, 11) is 0. The number of imidazole rings is 1. The topological polar surface area (TPSA) is 21.1 Å². The Bertz CT molecular complexity index is 599. The molecule has 0 N–H and O–H groups in total. The van der Waals surface area contributed by atoms with Crippen LogP contribution in [-0.2, 0) is 6.54 Å². The molecule has 0 amide bonds. The molecule has 0 aliphatic carbocycles. The van der Waals surface area contributed by atoms with Crippen molar-refractivity contribution in [2.24, 2.45) is 0 Å². The molecule has 1 aliphatic rings. The van der Waals surface area contributed by atoms with E-state index < -0.39 is 0 Å². The maximum Gasteiger partial charge on any atom is 0.169 e. The average Bonchev–Trinajstić information content (AvgIpc) is 2.87. The number of rotatable bonds is 6. The van der Waals surface area contributed by atoms with Crippen molar-refractivity contribution in [2.75, 3.05) is 25.4 Å². The van der Waals surface area contributed by atoms with Gasteiger partial charge in [-0.1, -0.05) is 36.4 Å². The molecule has 0 unspecified atom stereocenters. The second-order valence-electron chi connectivity index (χ2n) is 5.53. The summed E-state index contributed by atoms with van der Waals surface area (Å²) < 4.78 is 2.27. The van der Waals surface area contributed by atoms with Crippen molar-refractivity contribution in [1.29, 1.82) is 0 Å². The third kappa shape index (κ3) is 3.50. The molecule has 3 nitrogen and oxygen atoms in total. The molecule has 0 saturated carbocycles. The summed E-state index contributed by atoms with van der Waals surface area (Å²) in [6, 6.07) is 8.35. The molecule has 4 heteroatoms. The smallest absolute Gasteiger partial charge is 0.169 e. The maximum absolute atomic E-state index is 4.77. The number of nitrogens with zero attached hydrogens (tertiary/aromatic N) is 3. The number of hydrogen-bond donors (Lipinski definition) is 0. The van der Waals surface area contributed by atoms with Crippen molar-refractivity contribution >= 4 is 22.8 Å². The minimum Gasteiger partial charge on any atom is -0.315 e. The zero-order chi connectivity index (χ0) is 14.5. The van der Waals surface area contributed by atoms with Crippen LogP contribution in [0.5, 0.6) is 0 Å². The fourth-order valence-electron chi connectivity index (χ4n) is 2.92. The van der Waals surface area contributed by atoms with Gasteiger partial charge in [-0.15, -0.1) is 6.58 Å². The molecular weight excluding hydrogens is 278 g/mol. The van der Waals surface area contributed by atoms with Crippen LogP contribution >= 0.6 is 11.8 Å². The van der Waals surface area contributed by atoms with Crippen LogP contribution in [0.2, 0.25) is 0 Å². The van der Waals surface area contributed by atoms with E-state index in [9.17, 15) is 0 Å². The van der Waals surface area contributed by atoms with Crippen LogP contribution in [0.25, 0.3) is 11.0 Å². The highest BCUT2D eigenvalue weighted by molar-refractivity contribution is 7.99. The van der Waals surface area contributed by atoms with Gasteiger partial charge in [-0.25, -0.2) is 4.98 Å². The number of hydrogen-bond acceptors (Lipinski definition) is 3. The first kappa shape index (κ1) is 14.7. The highest BCUT2D eigenvalue weighted by atomic mass is 32.2. The van der Waals surface area contributed by atoms with Crippen molar-refractivity contribution in [3.05, 3.63) is 36.9 Å². The summed E-state index contributed by atoms with van der Waals surface area (Å²) in [5.41, 5.74) is 2.29. The van der Waals surface area contributed by atoms with Crippen LogP contribution in [0.1, 0.15) is 19.3 Å². The lowest BCUT2D eigenvalue weighted by molar-refractivity contribution is 0.242. The van der Waals surface area contributed by atoms with Crippen LogP contribution in [0.3, 0.4) is 0 Å². The van der Waals surface area contributed by atoms with Gasteiger partial charge in [0.1, 0.15) is 0 Å². The molecule has 1 saturated heterocycles. The van der Waals surface area contributed by atoms with Gasteiger partial charge in [-0.2, -0.15) is 0 Å². The van der Waals surface area contributed by atoms with Crippen LogP contribution in [0.15, 0.2) is 42.1 Å². The van der Waals surface area contributed by atoms with Gasteiger partial charge in [0.2, 0.25) is 0 Å². The van der Waals surface area contributed by atoms with E-state index in [1.165, 1.54) is 44.4 Å². The Kier molecular flexibility index (Phi) is 4.99. The van der Waals surface area contributed by atoms with Crippen LogP contribution in [0, 0.1) is 0 Å². The zero-order valence-corrected chi connectivity index (χ0v) is 13.3. The minimum absolute atomic E-state index is 0.826. The first-order valence-electron chi connectivity index (χ1n) is 7.80. The number of fused-ring (bicyclic) bond motifs is 1. The number of benzene rings is 1. The van der Waals surface area contributed by atoms with Gasteiger partial charge >= 0.3 is 0 Å². The lowest BCUT2D eigenvalue weighted by Crippen LogP contribution is -2.31. The molecule has 1 aliphatic heterocycles. The normalized spacial score (nSPS) is 16.4. The van der Waals surface area contributed by atoms with E-state index in [4.69, 9.17) is 4.98 Å². The Balaban J connectivity index is 1.67. The van der Waals surface area contributed by atoms with Crippen molar-refractivity contribution in [3.63, 3.8) is 0 Å². The summed E-state index contributed by atoms with van der Waals surface area (Å²) >= 11 is 1.87. The van der Waals surface area contributed by atoms with Crippen LogP contribution in [-0.4, -0.2) is 39.8 Å². The molecule has 0 radical (unpaired) electrons. The molecule has 1 fully saturated rings. The zero-order valence-electron chi connectivity index (χ0n) is 12.5. The number of allylic oxidation sites excluding steroid dienone is 1. The standard InChI is InChI=1S/C17H23N3S/c1-2-10-20-16-9-5-4-8-15(16)18-17(20)21-14-13-19-11-6-3-7-12-19/h2,4-5,8-9H,1,3,6-7,10-14H2. The van der Waals surface area contributed by atoms with E-state index in [1.54, 1.807) is 0 Å². The summed E-state index contributed by atoms with van der Waals surface area (Å²) in [5, 5.41) is 1.12. The molecule has 0 bridgehead atoms. The highest BCUT2D eigenvalue weighted by Gasteiger charge is 2.12. The molecule has 0 spiro atoms. The monoisotopic (exact) mass is 301 g/mol. The van der Waals surface area contributed by atoms with Crippen molar-refractivity contribution in [3.8, 4) is 0 Å². The number of aromatic nitrogens is 2. The van der Waals surface area contributed by atoms with Gasteiger partial charge in [0.15, 0.2) is 5.16 Å². The summed E-state index contributed by atoms with van der Waals surface area (Å²) in [5.74, 6) is 1.11. The minimum atomic E-state index is 0.826. The van der Waals surface area contributed by atoms with E-state index in [2.05, 4.69) is 40.3 Å². The van der Waals surface area contributed by atoms with Gasteiger partial charge in [-0.05, 0) is 38.1 Å². The summed E-state index contributed by atoms with van der Waals surface area (Å²) in [6.45, 7) is 8.40. The first-order chi connectivity index (χ1) is 10.4. The lowest BCUT2D eigenvalue weighted by atomic mass is 10.1. The Morgan fingerprint density at radius 1 is 1.19 bits per heavy atom. The SMILES string of the molecule is C=CCn1c(SCCN2CCCCC2)nc2ccccc21. The molecule has 112 valence electrons. The first-order valence-corrected chi connectivity index (χ1v) is 8.78.